The summed E-state index contributed by atoms with van der Waals surface area (Å²) in [4.78, 5) is 35.7. The lowest BCUT2D eigenvalue weighted by Gasteiger charge is -2.24. The lowest BCUT2D eigenvalue weighted by Crippen LogP contribution is -2.58. The Balaban J connectivity index is 1.74. The van der Waals surface area contributed by atoms with Crippen LogP contribution in [0.1, 0.15) is 30.9 Å². The summed E-state index contributed by atoms with van der Waals surface area (Å²) in [6.07, 6.45) is -1.00. The third-order valence-corrected chi connectivity index (χ3v) is 4.81. The number of fused-ring (bicyclic) bond motifs is 3. The van der Waals surface area contributed by atoms with Gasteiger partial charge >= 0.3 is 18.0 Å². The van der Waals surface area contributed by atoms with Gasteiger partial charge < -0.3 is 14.6 Å². The number of carbonyl (C=O) groups excluding carboxylic acids is 2. The van der Waals surface area contributed by atoms with Crippen molar-refractivity contribution in [3.63, 3.8) is 0 Å². The van der Waals surface area contributed by atoms with Crippen molar-refractivity contribution in [2.75, 3.05) is 13.2 Å². The number of hydrogen-bond acceptors (Lipinski definition) is 5. The zero-order valence-corrected chi connectivity index (χ0v) is 15.6. The van der Waals surface area contributed by atoms with Gasteiger partial charge in [0.2, 0.25) is 5.54 Å². The van der Waals surface area contributed by atoms with Crippen LogP contribution in [0.15, 0.2) is 48.5 Å². The summed E-state index contributed by atoms with van der Waals surface area (Å²) in [7, 11) is 0. The molecule has 0 aromatic heterocycles. The van der Waals surface area contributed by atoms with Gasteiger partial charge in [-0.05, 0) is 36.1 Å². The summed E-state index contributed by atoms with van der Waals surface area (Å²) in [6, 6.07) is 15.7. The molecule has 1 unspecified atom stereocenters. The van der Waals surface area contributed by atoms with Crippen LogP contribution in [0.3, 0.4) is 0 Å². The molecule has 0 radical (unpaired) electrons. The van der Waals surface area contributed by atoms with Crippen LogP contribution in [0.2, 0.25) is 0 Å². The van der Waals surface area contributed by atoms with Gasteiger partial charge in [-0.2, -0.15) is 0 Å². The van der Waals surface area contributed by atoms with Crippen molar-refractivity contribution in [1.29, 1.82) is 0 Å². The normalized spacial score (nSPS) is 14.4. The average molecular weight is 383 g/mol. The van der Waals surface area contributed by atoms with Crippen LogP contribution in [0.5, 0.6) is 0 Å². The summed E-state index contributed by atoms with van der Waals surface area (Å²) < 4.78 is 10.0. The third kappa shape index (κ3) is 3.43. The number of carboxylic acid groups (broad SMARTS) is 1. The van der Waals surface area contributed by atoms with E-state index in [0.717, 1.165) is 29.2 Å². The van der Waals surface area contributed by atoms with Crippen molar-refractivity contribution in [2.45, 2.75) is 25.3 Å². The molecule has 0 bridgehead atoms. The Bertz CT molecular complexity index is 879. The lowest BCUT2D eigenvalue weighted by molar-refractivity contribution is -0.161. The fraction of sp³-hybridized carbons (Fsp3) is 0.286. The van der Waals surface area contributed by atoms with Crippen LogP contribution >= 0.6 is 0 Å². The second-order valence-corrected chi connectivity index (χ2v) is 6.60. The Morgan fingerprint density at radius 3 is 2.04 bits per heavy atom. The molecule has 7 nitrogen and oxygen atoms in total. The maximum atomic E-state index is 12.2. The molecule has 0 saturated heterocycles. The van der Waals surface area contributed by atoms with Gasteiger partial charge in [0.1, 0.15) is 6.61 Å². The SMILES string of the molecule is CCOC(=O)C(C)(NC(=O)OCC1c2ccccc2-c2ccccc21)C(=O)O. The van der Waals surface area contributed by atoms with E-state index in [1.165, 1.54) is 0 Å². The van der Waals surface area contributed by atoms with Gasteiger partial charge in [-0.1, -0.05) is 48.5 Å². The lowest BCUT2D eigenvalue weighted by atomic mass is 9.98. The Hall–Kier alpha value is -3.35. The monoisotopic (exact) mass is 383 g/mol. The Morgan fingerprint density at radius 1 is 1.00 bits per heavy atom. The zero-order chi connectivity index (χ0) is 20.3. The van der Waals surface area contributed by atoms with E-state index in [4.69, 9.17) is 9.47 Å². The fourth-order valence-corrected chi connectivity index (χ4v) is 3.31. The van der Waals surface area contributed by atoms with E-state index in [1.54, 1.807) is 6.92 Å². The molecule has 2 N–H and O–H groups in total. The van der Waals surface area contributed by atoms with Gasteiger partial charge in [0.25, 0.3) is 0 Å². The van der Waals surface area contributed by atoms with Gasteiger partial charge in [0, 0.05) is 5.92 Å². The molecule has 3 rings (SSSR count). The van der Waals surface area contributed by atoms with Crippen LogP contribution in [0, 0.1) is 0 Å². The molecular formula is C21H21NO6. The predicted molar refractivity (Wildman–Crippen MR) is 101 cm³/mol. The van der Waals surface area contributed by atoms with Crippen LogP contribution < -0.4 is 5.32 Å². The maximum absolute atomic E-state index is 12.2. The highest BCUT2D eigenvalue weighted by Gasteiger charge is 2.45. The van der Waals surface area contributed by atoms with E-state index in [-0.39, 0.29) is 19.1 Å². The van der Waals surface area contributed by atoms with E-state index in [1.807, 2.05) is 48.5 Å². The van der Waals surface area contributed by atoms with E-state index >= 15 is 0 Å². The van der Waals surface area contributed by atoms with Crippen LogP contribution in [-0.2, 0) is 19.1 Å². The molecule has 28 heavy (non-hydrogen) atoms. The summed E-state index contributed by atoms with van der Waals surface area (Å²) in [5, 5.41) is 11.5. The van der Waals surface area contributed by atoms with Crippen molar-refractivity contribution in [1.82, 2.24) is 5.32 Å². The minimum Gasteiger partial charge on any atom is -0.479 e. The standard InChI is InChI=1S/C21H21NO6/c1-3-27-19(25)21(2,18(23)24)22-20(26)28-12-17-15-10-6-4-8-13(15)14-9-5-7-11-16(14)17/h4-11,17H,3,12H2,1-2H3,(H,22,26)(H,23,24). The Morgan fingerprint density at radius 2 is 1.54 bits per heavy atom. The first-order valence-electron chi connectivity index (χ1n) is 8.92. The molecule has 146 valence electrons. The molecule has 0 aliphatic heterocycles. The largest absolute Gasteiger partial charge is 0.479 e. The summed E-state index contributed by atoms with van der Waals surface area (Å²) in [5.41, 5.74) is 1.99. The topological polar surface area (TPSA) is 102 Å². The summed E-state index contributed by atoms with van der Waals surface area (Å²) >= 11 is 0. The second-order valence-electron chi connectivity index (χ2n) is 6.60. The van der Waals surface area contributed by atoms with E-state index < -0.39 is 23.6 Å². The molecule has 0 spiro atoms. The van der Waals surface area contributed by atoms with Crippen LogP contribution in [-0.4, -0.2) is 41.9 Å². The number of aliphatic carboxylic acids is 1. The first kappa shape index (κ1) is 19.4. The highest BCUT2D eigenvalue weighted by molar-refractivity contribution is 6.06. The van der Waals surface area contributed by atoms with Crippen molar-refractivity contribution >= 4 is 18.0 Å². The average Bonchev–Trinajstić information content (AvgIpc) is 3.00. The predicted octanol–water partition coefficient (Wildman–Crippen LogP) is 2.93. The number of amides is 1. The molecule has 0 heterocycles. The van der Waals surface area contributed by atoms with Crippen molar-refractivity contribution in [3.05, 3.63) is 59.7 Å². The molecule has 2 aromatic rings. The molecule has 0 fully saturated rings. The molecule has 1 atom stereocenters. The van der Waals surface area contributed by atoms with E-state index in [0.29, 0.717) is 0 Å². The number of ether oxygens (including phenoxy) is 2. The third-order valence-electron chi connectivity index (χ3n) is 4.81. The Kier molecular flexibility index (Phi) is 5.35. The van der Waals surface area contributed by atoms with Crippen molar-refractivity contribution in [3.8, 4) is 11.1 Å². The van der Waals surface area contributed by atoms with Gasteiger partial charge in [-0.25, -0.2) is 14.4 Å². The number of rotatable bonds is 6. The first-order valence-corrected chi connectivity index (χ1v) is 8.92. The minimum absolute atomic E-state index is 0.00588. The molecule has 7 heteroatoms. The molecule has 1 aliphatic carbocycles. The first-order chi connectivity index (χ1) is 13.4. The molecular weight excluding hydrogens is 362 g/mol. The van der Waals surface area contributed by atoms with Gasteiger partial charge in [0.05, 0.1) is 6.61 Å². The zero-order valence-electron chi connectivity index (χ0n) is 15.6. The highest BCUT2D eigenvalue weighted by atomic mass is 16.6. The minimum atomic E-state index is -2.22. The number of alkyl carbamates (subject to hydrolysis) is 1. The van der Waals surface area contributed by atoms with Gasteiger partial charge in [-0.3, -0.25) is 5.32 Å². The highest BCUT2D eigenvalue weighted by Crippen LogP contribution is 2.44. The Labute approximate surface area is 162 Å². The fourth-order valence-electron chi connectivity index (χ4n) is 3.31. The number of esters is 1. The number of benzene rings is 2. The van der Waals surface area contributed by atoms with Crippen LogP contribution in [0.25, 0.3) is 11.1 Å². The van der Waals surface area contributed by atoms with Crippen LogP contribution in [0.4, 0.5) is 4.79 Å². The molecule has 1 amide bonds. The molecule has 0 saturated carbocycles. The quantitative estimate of drug-likeness (QED) is 0.587. The number of hydrogen-bond donors (Lipinski definition) is 2. The maximum Gasteiger partial charge on any atom is 0.408 e. The van der Waals surface area contributed by atoms with E-state index in [2.05, 4.69) is 5.32 Å². The number of nitrogens with one attached hydrogen (secondary N) is 1. The number of carbonyl (C=O) groups is 3. The summed E-state index contributed by atoms with van der Waals surface area (Å²) in [6.45, 7) is 2.62. The smallest absolute Gasteiger partial charge is 0.408 e. The van der Waals surface area contributed by atoms with E-state index in [9.17, 15) is 19.5 Å². The van der Waals surface area contributed by atoms with Gasteiger partial charge in [-0.15, -0.1) is 0 Å². The van der Waals surface area contributed by atoms with Crippen molar-refractivity contribution < 1.29 is 29.0 Å². The molecule has 2 aromatic carbocycles. The van der Waals surface area contributed by atoms with Gasteiger partial charge in [0.15, 0.2) is 0 Å². The summed E-state index contributed by atoms with van der Waals surface area (Å²) in [5.74, 6) is -2.76. The second kappa shape index (κ2) is 7.72. The number of carboxylic acids is 1. The van der Waals surface area contributed by atoms with Crippen molar-refractivity contribution in [2.24, 2.45) is 0 Å². The molecule has 1 aliphatic rings.